The standard InChI is InChI=1S/C35H42N5O6P/c1-4-14-27(40-31(24-43-5-2)38-32-33(40)29-19-12-13-20-30(29)37-34(32)36)21-22-45-47(42,46-28-17-10-7-11-18-28)39-25(3)35(41)44-23-26-15-8-6-9-16-26/h6-13,15-20,25,27H,4-5,14,21-24H2,1-3H3,(H2,36,37)(H,39,42)/t25-,27+,47-/m0/s1. The van der Waals surface area contributed by atoms with Crippen molar-refractivity contribution >= 4 is 41.5 Å². The van der Waals surface area contributed by atoms with Crippen LogP contribution in [0.1, 0.15) is 57.5 Å². The van der Waals surface area contributed by atoms with Gasteiger partial charge in [-0.05, 0) is 50.5 Å². The largest absolute Gasteiger partial charge is 0.460 e. The second-order valence-corrected chi connectivity index (χ2v) is 12.9. The van der Waals surface area contributed by atoms with Crippen molar-refractivity contribution in [1.29, 1.82) is 0 Å². The molecule has 0 fully saturated rings. The molecule has 0 unspecified atom stereocenters. The summed E-state index contributed by atoms with van der Waals surface area (Å²) in [4.78, 5) is 22.4. The van der Waals surface area contributed by atoms with E-state index >= 15 is 0 Å². The number of benzene rings is 3. The van der Waals surface area contributed by atoms with Gasteiger partial charge in [-0.2, -0.15) is 5.09 Å². The van der Waals surface area contributed by atoms with E-state index in [0.29, 0.717) is 36.7 Å². The first-order valence-corrected chi connectivity index (χ1v) is 17.5. The summed E-state index contributed by atoms with van der Waals surface area (Å²) in [5, 5.41) is 3.72. The summed E-state index contributed by atoms with van der Waals surface area (Å²) in [5.74, 6) is 0.829. The van der Waals surface area contributed by atoms with Crippen LogP contribution in [0.3, 0.4) is 0 Å². The smallest absolute Gasteiger partial charge is 0.459 e. The number of nitrogens with two attached hydrogens (primary N) is 1. The van der Waals surface area contributed by atoms with Crippen LogP contribution in [-0.4, -0.2) is 39.8 Å². The topological polar surface area (TPSA) is 140 Å². The number of fused-ring (bicyclic) bond motifs is 3. The van der Waals surface area contributed by atoms with Gasteiger partial charge in [-0.3, -0.25) is 9.32 Å². The minimum absolute atomic E-state index is 0.0554. The molecule has 0 aliphatic heterocycles. The molecule has 0 aliphatic rings. The van der Waals surface area contributed by atoms with E-state index in [1.165, 1.54) is 0 Å². The van der Waals surface area contributed by atoms with Crippen molar-refractivity contribution in [3.05, 3.63) is 96.3 Å². The molecule has 0 spiro atoms. The molecule has 248 valence electrons. The van der Waals surface area contributed by atoms with Crippen molar-refractivity contribution in [2.24, 2.45) is 0 Å². The fourth-order valence-corrected chi connectivity index (χ4v) is 6.96. The highest BCUT2D eigenvalue weighted by Crippen LogP contribution is 2.45. The summed E-state index contributed by atoms with van der Waals surface area (Å²) in [6, 6.07) is 24.8. The Balaban J connectivity index is 1.39. The summed E-state index contributed by atoms with van der Waals surface area (Å²) in [6.07, 6.45) is 2.12. The molecule has 11 nitrogen and oxygen atoms in total. The van der Waals surface area contributed by atoms with Crippen LogP contribution >= 0.6 is 7.75 Å². The first-order chi connectivity index (χ1) is 22.8. The molecule has 0 saturated heterocycles. The molecular weight excluding hydrogens is 617 g/mol. The molecule has 5 aromatic rings. The summed E-state index contributed by atoms with van der Waals surface area (Å²) >= 11 is 0. The Morgan fingerprint density at radius 1 is 0.936 bits per heavy atom. The summed E-state index contributed by atoms with van der Waals surface area (Å²) in [5.41, 5.74) is 9.51. The number of nitrogens with zero attached hydrogens (tertiary/aromatic N) is 3. The van der Waals surface area contributed by atoms with Crippen molar-refractivity contribution < 1.29 is 27.9 Å². The third-order valence-electron chi connectivity index (χ3n) is 7.66. The number of carbonyl (C=O) groups is 1. The highest BCUT2D eigenvalue weighted by Gasteiger charge is 2.33. The lowest BCUT2D eigenvalue weighted by Crippen LogP contribution is -2.35. The van der Waals surface area contributed by atoms with E-state index in [0.717, 1.165) is 40.6 Å². The van der Waals surface area contributed by atoms with Crippen LogP contribution < -0.4 is 15.3 Å². The number of para-hydroxylation sites is 2. The molecule has 47 heavy (non-hydrogen) atoms. The van der Waals surface area contributed by atoms with E-state index in [-0.39, 0.29) is 19.3 Å². The van der Waals surface area contributed by atoms with Crippen LogP contribution in [-0.2, 0) is 36.6 Å². The number of esters is 1. The van der Waals surface area contributed by atoms with Gasteiger partial charge in [0.2, 0.25) is 0 Å². The average Bonchev–Trinajstić information content (AvgIpc) is 3.47. The van der Waals surface area contributed by atoms with Crippen molar-refractivity contribution in [3.63, 3.8) is 0 Å². The Bertz CT molecular complexity index is 1820. The first kappa shape index (κ1) is 34.1. The second-order valence-electron chi connectivity index (χ2n) is 11.2. The highest BCUT2D eigenvalue weighted by atomic mass is 31.2. The van der Waals surface area contributed by atoms with Crippen molar-refractivity contribution in [2.45, 2.75) is 65.3 Å². The molecule has 0 saturated carbocycles. The Morgan fingerprint density at radius 2 is 1.64 bits per heavy atom. The number of aromatic nitrogens is 3. The van der Waals surface area contributed by atoms with Gasteiger partial charge in [-0.1, -0.05) is 80.1 Å². The van der Waals surface area contributed by atoms with Gasteiger partial charge < -0.3 is 24.3 Å². The van der Waals surface area contributed by atoms with Gasteiger partial charge >= 0.3 is 13.7 Å². The summed E-state index contributed by atoms with van der Waals surface area (Å²) in [7, 11) is -4.05. The molecule has 3 aromatic carbocycles. The van der Waals surface area contributed by atoms with Crippen molar-refractivity contribution in [1.82, 2.24) is 19.6 Å². The number of pyridine rings is 1. The molecule has 0 aliphatic carbocycles. The zero-order chi connectivity index (χ0) is 33.2. The van der Waals surface area contributed by atoms with E-state index in [2.05, 4.69) is 21.6 Å². The zero-order valence-electron chi connectivity index (χ0n) is 27.0. The van der Waals surface area contributed by atoms with Crippen LogP contribution in [0.2, 0.25) is 0 Å². The Labute approximate surface area is 275 Å². The van der Waals surface area contributed by atoms with Crippen LogP contribution in [0.15, 0.2) is 84.9 Å². The lowest BCUT2D eigenvalue weighted by molar-refractivity contribution is -0.146. The number of carbonyl (C=O) groups excluding carboxylic acids is 1. The second kappa shape index (κ2) is 16.0. The zero-order valence-corrected chi connectivity index (χ0v) is 27.9. The Morgan fingerprint density at radius 3 is 2.36 bits per heavy atom. The van der Waals surface area contributed by atoms with Crippen LogP contribution in [0.4, 0.5) is 5.82 Å². The third kappa shape index (κ3) is 8.55. The number of imidazole rings is 1. The molecular formula is C35H42N5O6P. The molecule has 12 heteroatoms. The van der Waals surface area contributed by atoms with Gasteiger partial charge in [0.05, 0.1) is 17.6 Å². The monoisotopic (exact) mass is 659 g/mol. The molecule has 0 bridgehead atoms. The first-order valence-electron chi connectivity index (χ1n) is 15.9. The maximum Gasteiger partial charge on any atom is 0.459 e. The van der Waals surface area contributed by atoms with Gasteiger partial charge in [0.15, 0.2) is 5.82 Å². The van der Waals surface area contributed by atoms with E-state index in [1.807, 2.05) is 67.6 Å². The molecule has 5 rings (SSSR count). The maximum absolute atomic E-state index is 14.2. The minimum atomic E-state index is -4.05. The van der Waals surface area contributed by atoms with Gasteiger partial charge in [0.1, 0.15) is 36.3 Å². The quantitative estimate of drug-likeness (QED) is 0.0769. The number of hydrogen-bond acceptors (Lipinski definition) is 9. The molecule has 0 amide bonds. The van der Waals surface area contributed by atoms with E-state index in [9.17, 15) is 9.36 Å². The predicted molar refractivity (Wildman–Crippen MR) is 183 cm³/mol. The number of hydrogen-bond donors (Lipinski definition) is 2. The fraction of sp³-hybridized carbons (Fsp3) is 0.343. The number of ether oxygens (including phenoxy) is 2. The van der Waals surface area contributed by atoms with Crippen LogP contribution in [0.5, 0.6) is 5.75 Å². The molecule has 3 atom stereocenters. The number of rotatable bonds is 17. The van der Waals surface area contributed by atoms with Gasteiger partial charge in [0, 0.05) is 18.0 Å². The maximum atomic E-state index is 14.2. The number of anilines is 1. The summed E-state index contributed by atoms with van der Waals surface area (Å²) < 4.78 is 39.6. The lowest BCUT2D eigenvalue weighted by atomic mass is 10.1. The van der Waals surface area contributed by atoms with Gasteiger partial charge in [0.25, 0.3) is 0 Å². The number of nitrogen functional groups attached to an aromatic ring is 1. The molecule has 3 N–H and O–H groups in total. The van der Waals surface area contributed by atoms with Crippen LogP contribution in [0.25, 0.3) is 21.9 Å². The Hall–Kier alpha value is -4.28. The average molecular weight is 660 g/mol. The molecule has 2 heterocycles. The van der Waals surface area contributed by atoms with Gasteiger partial charge in [-0.25, -0.2) is 14.5 Å². The highest BCUT2D eigenvalue weighted by molar-refractivity contribution is 7.52. The van der Waals surface area contributed by atoms with Crippen molar-refractivity contribution in [2.75, 3.05) is 18.9 Å². The molecule has 2 aromatic heterocycles. The predicted octanol–water partition coefficient (Wildman–Crippen LogP) is 7.36. The normalized spacial score (nSPS) is 14.1. The van der Waals surface area contributed by atoms with Crippen LogP contribution in [0, 0.1) is 0 Å². The van der Waals surface area contributed by atoms with E-state index in [4.69, 9.17) is 29.2 Å². The van der Waals surface area contributed by atoms with E-state index in [1.54, 1.807) is 31.2 Å². The minimum Gasteiger partial charge on any atom is -0.460 e. The third-order valence-corrected chi connectivity index (χ3v) is 9.34. The SMILES string of the molecule is CCC[C@H](CCO[P@@](=O)(N[C@@H](C)C(=O)OCc1ccccc1)Oc1ccccc1)n1c(COCC)nc2c(N)nc3ccccc3c21. The van der Waals surface area contributed by atoms with E-state index < -0.39 is 19.8 Å². The summed E-state index contributed by atoms with van der Waals surface area (Å²) in [6.45, 7) is 6.57. The van der Waals surface area contributed by atoms with Gasteiger partial charge in [-0.15, -0.1) is 0 Å². The Kier molecular flexibility index (Phi) is 11.6. The fourth-order valence-electron chi connectivity index (χ4n) is 5.46. The number of nitrogens with one attached hydrogen (secondary N) is 1. The van der Waals surface area contributed by atoms with Crippen molar-refractivity contribution in [3.8, 4) is 5.75 Å². The lowest BCUT2D eigenvalue weighted by Gasteiger charge is -2.25. The molecule has 0 radical (unpaired) electrons.